The number of hydrogen-bond acceptors (Lipinski definition) is 12. The van der Waals surface area contributed by atoms with Crippen molar-refractivity contribution in [2.45, 2.75) is 51.3 Å². The van der Waals surface area contributed by atoms with Crippen molar-refractivity contribution in [3.8, 4) is 17.2 Å². The van der Waals surface area contributed by atoms with Crippen molar-refractivity contribution in [3.05, 3.63) is 117 Å². The number of pyridine rings is 1. The van der Waals surface area contributed by atoms with Crippen LogP contribution in [0.3, 0.4) is 0 Å². The number of benzene rings is 3. The van der Waals surface area contributed by atoms with Crippen LogP contribution in [0.5, 0.6) is 17.2 Å². The van der Waals surface area contributed by atoms with Crippen LogP contribution in [0.2, 0.25) is 5.02 Å². The molecule has 2 N–H and O–H groups in total. The molecule has 352 valence electrons. The zero-order valence-corrected chi connectivity index (χ0v) is 39.5. The average Bonchev–Trinajstić information content (AvgIpc) is 3.78. The van der Waals surface area contributed by atoms with Crippen LogP contribution >= 0.6 is 11.6 Å². The number of rotatable bonds is 12. The fourth-order valence-corrected chi connectivity index (χ4v) is 10.9. The van der Waals surface area contributed by atoms with Gasteiger partial charge in [-0.05, 0) is 78.6 Å². The van der Waals surface area contributed by atoms with E-state index in [0.29, 0.717) is 69.2 Å². The van der Waals surface area contributed by atoms with Gasteiger partial charge in [-0.25, -0.2) is 18.1 Å². The van der Waals surface area contributed by atoms with Gasteiger partial charge in [-0.15, -0.1) is 0 Å². The van der Waals surface area contributed by atoms with Crippen molar-refractivity contribution >= 4 is 61.4 Å². The number of nitro benzene ring substituents is 1. The van der Waals surface area contributed by atoms with Gasteiger partial charge in [-0.1, -0.05) is 43.2 Å². The third-order valence-corrected chi connectivity index (χ3v) is 15.1. The van der Waals surface area contributed by atoms with Crippen LogP contribution in [0.1, 0.15) is 61.5 Å². The number of carbonyl (C=O) groups is 2. The molecule has 18 heteroatoms. The highest BCUT2D eigenvalue weighted by Gasteiger charge is 2.34. The van der Waals surface area contributed by atoms with E-state index < -0.39 is 31.4 Å². The molecular formula is C49H55ClN8O8S. The number of nitrogens with one attached hydrogen (secondary N) is 2. The monoisotopic (exact) mass is 950 g/mol. The highest BCUT2D eigenvalue weighted by Crippen LogP contribution is 2.44. The number of amides is 2. The molecule has 9 rings (SSSR count). The molecule has 1 aliphatic carbocycles. The molecule has 0 spiro atoms. The standard InChI is InChI=1S/C49H55ClN8O8S/c1-32(59)56-18-14-54(15-19-56)29-33-22-42-44(58(61)62)25-40(26-45(42)65-31-33)67(63,64)53-48(60)41-9-8-38(24-46(41)66-39-23-35-11-13-51-47(35)52-28-39)57-20-16-55(17-21-57)30-36-10-12-49(2,3)27-43(36)34-4-6-37(50)7-5-34/h4-9,11,13,23-26,28,33H,10,12,14-22,27,29-31H2,1-3H3,(H,51,52)(H,53,60)/t33-/m1/s1. The second-order valence-electron chi connectivity index (χ2n) is 18.9. The van der Waals surface area contributed by atoms with E-state index in [-0.39, 0.29) is 40.9 Å². The van der Waals surface area contributed by atoms with E-state index in [2.05, 4.69) is 55.4 Å². The first-order chi connectivity index (χ1) is 32.1. The minimum absolute atomic E-state index is 0.0279. The second-order valence-corrected chi connectivity index (χ2v) is 21.0. The van der Waals surface area contributed by atoms with Crippen molar-refractivity contribution in [1.29, 1.82) is 0 Å². The molecule has 0 saturated carbocycles. The first kappa shape index (κ1) is 46.1. The zero-order chi connectivity index (χ0) is 47.0. The number of nitro groups is 1. The Morgan fingerprint density at radius 3 is 2.46 bits per heavy atom. The van der Waals surface area contributed by atoms with Gasteiger partial charge in [0.25, 0.3) is 21.6 Å². The zero-order valence-electron chi connectivity index (χ0n) is 37.9. The van der Waals surface area contributed by atoms with Crippen LogP contribution in [-0.2, 0) is 21.2 Å². The molecule has 2 aromatic heterocycles. The predicted molar refractivity (Wildman–Crippen MR) is 256 cm³/mol. The number of carbonyl (C=O) groups excluding carboxylic acids is 2. The number of allylic oxidation sites excluding steroid dienone is 1. The normalized spacial score (nSPS) is 19.2. The Hall–Kier alpha value is -6.01. The maximum absolute atomic E-state index is 14.1. The number of sulfonamides is 1. The lowest BCUT2D eigenvalue weighted by Gasteiger charge is -2.39. The molecule has 67 heavy (non-hydrogen) atoms. The molecule has 5 heterocycles. The maximum atomic E-state index is 14.1. The predicted octanol–water partition coefficient (Wildman–Crippen LogP) is 7.54. The van der Waals surface area contributed by atoms with Crippen LogP contribution in [0.15, 0.2) is 89.6 Å². The summed E-state index contributed by atoms with van der Waals surface area (Å²) >= 11 is 6.25. The molecule has 5 aromatic rings. The van der Waals surface area contributed by atoms with Gasteiger partial charge in [0.1, 0.15) is 22.9 Å². The molecule has 4 aliphatic rings. The number of halogens is 1. The molecular weight excluding hydrogens is 896 g/mol. The highest BCUT2D eigenvalue weighted by atomic mass is 35.5. The summed E-state index contributed by atoms with van der Waals surface area (Å²) in [7, 11) is -4.66. The Bertz CT molecular complexity index is 2850. The van der Waals surface area contributed by atoms with Crippen LogP contribution in [0.4, 0.5) is 11.4 Å². The van der Waals surface area contributed by atoms with E-state index in [0.717, 1.165) is 61.1 Å². The number of aromatic nitrogens is 2. The lowest BCUT2D eigenvalue weighted by atomic mass is 9.72. The number of anilines is 1. The second kappa shape index (κ2) is 18.9. The Morgan fingerprint density at radius 2 is 1.73 bits per heavy atom. The lowest BCUT2D eigenvalue weighted by molar-refractivity contribution is -0.386. The number of nitrogens with zero attached hydrogens (tertiary/aromatic N) is 6. The minimum Gasteiger partial charge on any atom is -0.493 e. The van der Waals surface area contributed by atoms with Gasteiger partial charge in [-0.3, -0.25) is 29.5 Å². The molecule has 2 fully saturated rings. The topological polar surface area (TPSA) is 184 Å². The highest BCUT2D eigenvalue weighted by molar-refractivity contribution is 7.90. The fourth-order valence-electron chi connectivity index (χ4n) is 9.76. The molecule has 2 amide bonds. The van der Waals surface area contributed by atoms with E-state index in [9.17, 15) is 28.1 Å². The Balaban J connectivity index is 0.922. The number of piperazine rings is 2. The first-order valence-corrected chi connectivity index (χ1v) is 24.6. The van der Waals surface area contributed by atoms with Crippen LogP contribution in [0, 0.1) is 21.4 Å². The quantitative estimate of drug-likeness (QED) is 0.0928. The molecule has 2 saturated heterocycles. The van der Waals surface area contributed by atoms with Crippen molar-refractivity contribution in [2.75, 3.05) is 77.0 Å². The Morgan fingerprint density at radius 1 is 0.985 bits per heavy atom. The van der Waals surface area contributed by atoms with Crippen molar-refractivity contribution < 1.29 is 32.4 Å². The Kier molecular flexibility index (Phi) is 13.0. The van der Waals surface area contributed by atoms with Crippen molar-refractivity contribution in [2.24, 2.45) is 11.3 Å². The molecule has 16 nitrogen and oxygen atoms in total. The van der Waals surface area contributed by atoms with Gasteiger partial charge in [0.05, 0.1) is 33.7 Å². The van der Waals surface area contributed by atoms with Gasteiger partial charge in [0.2, 0.25) is 5.91 Å². The molecule has 0 unspecified atom stereocenters. The lowest BCUT2D eigenvalue weighted by Crippen LogP contribution is -2.50. The van der Waals surface area contributed by atoms with E-state index in [1.807, 2.05) is 18.2 Å². The third-order valence-electron chi connectivity index (χ3n) is 13.5. The van der Waals surface area contributed by atoms with Gasteiger partial charge in [-0.2, -0.15) is 0 Å². The van der Waals surface area contributed by atoms with E-state index >= 15 is 0 Å². The van der Waals surface area contributed by atoms with Gasteiger partial charge in [0, 0.05) is 119 Å². The summed E-state index contributed by atoms with van der Waals surface area (Å²) in [4.78, 5) is 53.4. The summed E-state index contributed by atoms with van der Waals surface area (Å²) in [6.07, 6.45) is 6.75. The summed E-state index contributed by atoms with van der Waals surface area (Å²) in [5.74, 6) is -0.501. The summed E-state index contributed by atoms with van der Waals surface area (Å²) in [5, 5.41) is 13.9. The number of aromatic amines is 1. The third kappa shape index (κ3) is 10.4. The van der Waals surface area contributed by atoms with E-state index in [4.69, 9.17) is 21.1 Å². The van der Waals surface area contributed by atoms with Crippen LogP contribution < -0.4 is 19.1 Å². The first-order valence-electron chi connectivity index (χ1n) is 22.8. The van der Waals surface area contributed by atoms with Gasteiger partial charge < -0.3 is 24.3 Å². The number of hydrogen-bond donors (Lipinski definition) is 2. The largest absolute Gasteiger partial charge is 0.493 e. The molecule has 0 radical (unpaired) electrons. The van der Waals surface area contributed by atoms with Crippen LogP contribution in [0.25, 0.3) is 16.6 Å². The SMILES string of the molecule is CC(=O)N1CCN(C[C@@H]2COc3cc(S(=O)(=O)NC(=O)c4ccc(N5CCN(CC6=C(c7ccc(Cl)cc7)CC(C)(C)CC6)CC5)cc4Oc4cnc5[nH]ccc5c4)cc([N+](=O)[O-])c3C2)CC1. The smallest absolute Gasteiger partial charge is 0.277 e. The molecule has 0 bridgehead atoms. The number of fused-ring (bicyclic) bond motifs is 2. The van der Waals surface area contributed by atoms with Crippen molar-refractivity contribution in [3.63, 3.8) is 0 Å². The van der Waals surface area contributed by atoms with Gasteiger partial charge in [0.15, 0.2) is 0 Å². The average molecular weight is 952 g/mol. The summed E-state index contributed by atoms with van der Waals surface area (Å²) in [6, 6.07) is 19.0. The molecule has 1 atom stereocenters. The van der Waals surface area contributed by atoms with Gasteiger partial charge >= 0.3 is 0 Å². The van der Waals surface area contributed by atoms with E-state index in [1.54, 1.807) is 36.2 Å². The van der Waals surface area contributed by atoms with Crippen LogP contribution in [-0.4, -0.2) is 122 Å². The maximum Gasteiger partial charge on any atom is 0.277 e. The van der Waals surface area contributed by atoms with Crippen molar-refractivity contribution in [1.82, 2.24) is 29.4 Å². The Labute approximate surface area is 395 Å². The fraction of sp³-hybridized carbons (Fsp3) is 0.408. The number of ether oxygens (including phenoxy) is 2. The molecule has 3 aromatic carbocycles. The minimum atomic E-state index is -4.66. The summed E-state index contributed by atoms with van der Waals surface area (Å²) < 4.78 is 42.4. The van der Waals surface area contributed by atoms with E-state index in [1.165, 1.54) is 35.0 Å². The number of H-pyrrole nitrogens is 1. The summed E-state index contributed by atoms with van der Waals surface area (Å²) in [6.45, 7) is 13.5. The summed E-state index contributed by atoms with van der Waals surface area (Å²) in [5.41, 5.74) is 5.59. The molecule has 3 aliphatic heterocycles.